The molecule has 0 saturated carbocycles. The largest absolute Gasteiger partial charge is 0.496 e. The fraction of sp³-hybridized carbons (Fsp3) is 0.303. The van der Waals surface area contributed by atoms with Crippen LogP contribution in [-0.2, 0) is 17.9 Å². The van der Waals surface area contributed by atoms with Crippen LogP contribution < -0.4 is 26.0 Å². The molecule has 45 heavy (non-hydrogen) atoms. The van der Waals surface area contributed by atoms with Crippen LogP contribution in [0.25, 0.3) is 22.4 Å². The van der Waals surface area contributed by atoms with Gasteiger partial charge in [-0.15, -0.1) is 0 Å². The number of hydrogen-bond acceptors (Lipinski definition) is 8. The summed E-state index contributed by atoms with van der Waals surface area (Å²) in [6.45, 7) is 3.48. The average Bonchev–Trinajstić information content (AvgIpc) is 3.45. The average molecular weight is 654 g/mol. The minimum atomic E-state index is -0.544. The molecule has 3 heterocycles. The number of rotatable bonds is 13. The molecule has 5 rings (SSSR count). The maximum atomic E-state index is 15.3. The second-order valence-corrected chi connectivity index (χ2v) is 11.6. The number of carbonyl (C=O) groups excluding carboxylic acids is 1. The fourth-order valence-electron chi connectivity index (χ4n) is 5.19. The first kappa shape index (κ1) is 32.6. The van der Waals surface area contributed by atoms with Crippen molar-refractivity contribution in [3.63, 3.8) is 0 Å². The van der Waals surface area contributed by atoms with Crippen LogP contribution in [0.15, 0.2) is 60.9 Å². The van der Waals surface area contributed by atoms with Crippen molar-refractivity contribution in [2.75, 3.05) is 25.5 Å². The highest BCUT2D eigenvalue weighted by Crippen LogP contribution is 2.41. The lowest BCUT2D eigenvalue weighted by Gasteiger charge is -2.16. The Morgan fingerprint density at radius 3 is 2.58 bits per heavy atom. The highest BCUT2D eigenvalue weighted by atomic mass is 35.5. The summed E-state index contributed by atoms with van der Waals surface area (Å²) in [6, 6.07) is 14.7. The summed E-state index contributed by atoms with van der Waals surface area (Å²) in [6.07, 6.45) is 4.03. The molecule has 0 unspecified atom stereocenters. The maximum Gasteiger partial charge on any atom is 0.220 e. The molecule has 5 N–H and O–H groups in total. The van der Waals surface area contributed by atoms with Gasteiger partial charge in [0, 0.05) is 78.9 Å². The maximum absolute atomic E-state index is 15.3. The van der Waals surface area contributed by atoms with E-state index in [1.807, 2.05) is 24.3 Å². The van der Waals surface area contributed by atoms with Crippen LogP contribution in [0.3, 0.4) is 0 Å². The van der Waals surface area contributed by atoms with Crippen molar-refractivity contribution in [1.82, 2.24) is 25.9 Å². The Bertz CT molecular complexity index is 1670. The van der Waals surface area contributed by atoms with Gasteiger partial charge >= 0.3 is 0 Å². The smallest absolute Gasteiger partial charge is 0.220 e. The summed E-state index contributed by atoms with van der Waals surface area (Å²) in [5, 5.41) is 22.6. The van der Waals surface area contributed by atoms with E-state index in [1.54, 1.807) is 44.5 Å². The summed E-state index contributed by atoms with van der Waals surface area (Å²) in [4.78, 5) is 20.2. The van der Waals surface area contributed by atoms with Gasteiger partial charge in [-0.3, -0.25) is 9.78 Å². The highest BCUT2D eigenvalue weighted by Gasteiger charge is 2.21. The molecule has 1 aliphatic heterocycles. The van der Waals surface area contributed by atoms with Gasteiger partial charge in [0.15, 0.2) is 11.6 Å². The minimum absolute atomic E-state index is 0.0292. The molecule has 0 radical (unpaired) electrons. The van der Waals surface area contributed by atoms with Crippen LogP contribution >= 0.6 is 23.2 Å². The number of hydrogen-bond donors (Lipinski definition) is 5. The number of nitrogens with one attached hydrogen (secondary N) is 4. The number of aliphatic hydroxyl groups excluding tert-OH is 1. The Morgan fingerprint density at radius 1 is 1.04 bits per heavy atom. The lowest BCUT2D eigenvalue weighted by atomic mass is 10.0. The van der Waals surface area contributed by atoms with E-state index in [1.165, 1.54) is 6.20 Å². The van der Waals surface area contributed by atoms with Gasteiger partial charge in [-0.05, 0) is 37.6 Å². The van der Waals surface area contributed by atoms with Gasteiger partial charge < -0.3 is 31.1 Å². The summed E-state index contributed by atoms with van der Waals surface area (Å²) >= 11 is 13.8. The molecule has 1 amide bonds. The van der Waals surface area contributed by atoms with Crippen LogP contribution in [0.5, 0.6) is 5.75 Å². The van der Waals surface area contributed by atoms with Crippen molar-refractivity contribution in [2.24, 2.45) is 0 Å². The number of anilines is 2. The first-order valence-corrected chi connectivity index (χ1v) is 15.4. The Balaban J connectivity index is 1.36. The zero-order valence-electron chi connectivity index (χ0n) is 25.0. The molecule has 2 aromatic heterocycles. The molecule has 2 atom stereocenters. The Kier molecular flexibility index (Phi) is 10.9. The van der Waals surface area contributed by atoms with E-state index in [2.05, 4.69) is 31.2 Å². The van der Waals surface area contributed by atoms with E-state index in [0.29, 0.717) is 69.9 Å². The van der Waals surface area contributed by atoms with E-state index in [0.717, 1.165) is 17.5 Å². The number of halogens is 3. The Labute approximate surface area is 271 Å². The van der Waals surface area contributed by atoms with Crippen LogP contribution in [-0.4, -0.2) is 53.3 Å². The summed E-state index contributed by atoms with van der Waals surface area (Å²) in [7, 11) is 1.61. The number of ether oxygens (including phenoxy) is 1. The molecule has 0 spiro atoms. The highest BCUT2D eigenvalue weighted by molar-refractivity contribution is 6.39. The topological polar surface area (TPSA) is 120 Å². The second kappa shape index (κ2) is 15.0. The van der Waals surface area contributed by atoms with E-state index in [4.69, 9.17) is 27.9 Å². The van der Waals surface area contributed by atoms with Crippen molar-refractivity contribution < 1.29 is 19.0 Å². The van der Waals surface area contributed by atoms with Gasteiger partial charge in [0.25, 0.3) is 0 Å². The molecule has 4 aromatic rings. The van der Waals surface area contributed by atoms with Gasteiger partial charge in [0.2, 0.25) is 5.91 Å². The Morgan fingerprint density at radius 2 is 1.82 bits per heavy atom. The third-order valence-corrected chi connectivity index (χ3v) is 8.30. The second-order valence-electron chi connectivity index (χ2n) is 10.9. The molecule has 1 aliphatic rings. The SMILES string of the molecule is COc1cc(-c2nccc(-c3cccc(Nc4nccc(CNC[C@@H](C)O)c4F)c3Cl)c2Cl)ccc1CNC[C@@H]1CCC(=O)N1. The quantitative estimate of drug-likeness (QED) is 0.122. The zero-order chi connectivity index (χ0) is 31.9. The van der Waals surface area contributed by atoms with Gasteiger partial charge in [-0.25, -0.2) is 9.37 Å². The number of methoxy groups -OCH3 is 1. The monoisotopic (exact) mass is 652 g/mol. The van der Waals surface area contributed by atoms with E-state index >= 15 is 4.39 Å². The summed E-state index contributed by atoms with van der Waals surface area (Å²) < 4.78 is 20.9. The Hall–Kier alpha value is -3.80. The third-order valence-electron chi connectivity index (χ3n) is 7.51. The first-order chi connectivity index (χ1) is 21.7. The molecule has 236 valence electrons. The van der Waals surface area contributed by atoms with E-state index < -0.39 is 11.9 Å². The van der Waals surface area contributed by atoms with Gasteiger partial charge in [-0.1, -0.05) is 47.5 Å². The predicted octanol–water partition coefficient (Wildman–Crippen LogP) is 5.85. The van der Waals surface area contributed by atoms with Crippen LogP contribution in [0, 0.1) is 5.82 Å². The normalized spacial score (nSPS) is 15.2. The van der Waals surface area contributed by atoms with Gasteiger partial charge in [0.05, 0.1) is 34.6 Å². The van der Waals surface area contributed by atoms with Crippen molar-refractivity contribution in [1.29, 1.82) is 0 Å². The molecular formula is C33H35Cl2FN6O3. The van der Waals surface area contributed by atoms with Gasteiger partial charge in [-0.2, -0.15) is 0 Å². The third kappa shape index (κ3) is 7.89. The number of amides is 1. The van der Waals surface area contributed by atoms with Crippen molar-refractivity contribution in [3.05, 3.63) is 87.9 Å². The number of carbonyl (C=O) groups is 1. The minimum Gasteiger partial charge on any atom is -0.496 e. The van der Waals surface area contributed by atoms with Crippen molar-refractivity contribution >= 4 is 40.6 Å². The molecule has 9 nitrogen and oxygen atoms in total. The molecule has 1 fully saturated rings. The lowest BCUT2D eigenvalue weighted by Crippen LogP contribution is -2.35. The van der Waals surface area contributed by atoms with E-state index in [-0.39, 0.29) is 24.3 Å². The van der Waals surface area contributed by atoms with Crippen molar-refractivity contribution in [2.45, 2.75) is 45.0 Å². The van der Waals surface area contributed by atoms with Gasteiger partial charge in [0.1, 0.15) is 5.75 Å². The molecule has 12 heteroatoms. The van der Waals surface area contributed by atoms with E-state index in [9.17, 15) is 9.90 Å². The summed E-state index contributed by atoms with van der Waals surface area (Å²) in [5.41, 5.74) is 4.44. The molecule has 2 aromatic carbocycles. The number of aromatic nitrogens is 2. The number of nitrogens with zero attached hydrogens (tertiary/aromatic N) is 2. The molecular weight excluding hydrogens is 618 g/mol. The molecule has 0 aliphatic carbocycles. The number of benzene rings is 2. The molecule has 1 saturated heterocycles. The fourth-order valence-corrected chi connectivity index (χ4v) is 5.79. The molecule has 0 bridgehead atoms. The zero-order valence-corrected chi connectivity index (χ0v) is 26.5. The van der Waals surface area contributed by atoms with Crippen LogP contribution in [0.1, 0.15) is 30.9 Å². The number of aliphatic hydroxyl groups is 1. The first-order valence-electron chi connectivity index (χ1n) is 14.6. The van der Waals surface area contributed by atoms with Crippen LogP contribution in [0.4, 0.5) is 15.9 Å². The van der Waals surface area contributed by atoms with Crippen LogP contribution in [0.2, 0.25) is 10.0 Å². The lowest BCUT2D eigenvalue weighted by molar-refractivity contribution is -0.119. The summed E-state index contributed by atoms with van der Waals surface area (Å²) in [5.74, 6) is 0.288. The predicted molar refractivity (Wildman–Crippen MR) is 175 cm³/mol. The standard InChI is InChI=1S/C33H35Cl2FN6O3/c1-19(43)15-37-17-22-10-12-40-33(31(22)36)42-26-5-3-4-24(29(26)34)25-11-13-39-32(30(25)35)20-6-7-21(27(14-20)45-2)16-38-18-23-8-9-28(44)41-23/h3-7,10-14,19,23,37-38,43H,8-9,15-18H2,1-2H3,(H,40,42)(H,41,44)/t19-,23+/m1/s1. The van der Waals surface area contributed by atoms with Crippen molar-refractivity contribution in [3.8, 4) is 28.1 Å². The number of pyridine rings is 2.